The lowest BCUT2D eigenvalue weighted by Gasteiger charge is -2.03. The maximum absolute atomic E-state index is 11.7. The van der Waals surface area contributed by atoms with Gasteiger partial charge in [-0.15, -0.1) is 0 Å². The highest BCUT2D eigenvalue weighted by Crippen LogP contribution is 2.29. The van der Waals surface area contributed by atoms with Gasteiger partial charge in [-0.05, 0) is 37.1 Å². The highest BCUT2D eigenvalue weighted by molar-refractivity contribution is 7.91. The van der Waals surface area contributed by atoms with E-state index in [1.54, 1.807) is 25.1 Å². The molecule has 0 radical (unpaired) electrons. The first-order chi connectivity index (χ1) is 9.97. The monoisotopic (exact) mass is 306 g/mol. The van der Waals surface area contributed by atoms with E-state index in [-0.39, 0.29) is 12.4 Å². The number of sulfone groups is 1. The number of hydrogen-bond donors (Lipinski definition) is 0. The molecule has 0 saturated heterocycles. The first kappa shape index (κ1) is 15.2. The van der Waals surface area contributed by atoms with Crippen molar-refractivity contribution < 1.29 is 17.9 Å². The van der Waals surface area contributed by atoms with Crippen LogP contribution in [-0.2, 0) is 25.8 Å². The van der Waals surface area contributed by atoms with E-state index in [9.17, 15) is 13.2 Å². The molecule has 1 heterocycles. The van der Waals surface area contributed by atoms with Crippen molar-refractivity contribution in [1.82, 2.24) is 0 Å². The fourth-order valence-electron chi connectivity index (χ4n) is 2.04. The molecule has 0 aliphatic carbocycles. The Morgan fingerprint density at radius 3 is 3.00 bits per heavy atom. The van der Waals surface area contributed by atoms with E-state index in [1.807, 2.05) is 0 Å². The number of esters is 1. The summed E-state index contributed by atoms with van der Waals surface area (Å²) in [5.41, 5.74) is 1.23. The zero-order chi connectivity index (χ0) is 15.5. The van der Waals surface area contributed by atoms with Crippen molar-refractivity contribution in [3.8, 4) is 6.07 Å². The Morgan fingerprint density at radius 1 is 1.57 bits per heavy atom. The van der Waals surface area contributed by atoms with E-state index in [0.717, 1.165) is 0 Å². The van der Waals surface area contributed by atoms with Crippen LogP contribution >= 0.6 is 0 Å². The fourth-order valence-corrected chi connectivity index (χ4v) is 3.58. The van der Waals surface area contributed by atoms with Crippen LogP contribution in [0.3, 0.4) is 0 Å². The summed E-state index contributed by atoms with van der Waals surface area (Å²) in [6.45, 7) is 1.85. The van der Waals surface area contributed by atoms with Gasteiger partial charge in [0.2, 0.25) is 0 Å². The van der Waals surface area contributed by atoms with Gasteiger partial charge in [0.1, 0.15) is 0 Å². The number of carbonyl (C=O) groups excluding carboxylic acids is 1. The normalized spacial score (nSPS) is 17.1. The molecule has 0 N–H and O–H groups in total. The molecule has 1 aromatic carbocycles. The molecule has 0 bridgehead atoms. The van der Waals surface area contributed by atoms with Crippen molar-refractivity contribution in [2.45, 2.75) is 18.2 Å². The van der Waals surface area contributed by atoms with Gasteiger partial charge in [-0.1, -0.05) is 0 Å². The molecule has 1 atom stereocenters. The average Bonchev–Trinajstić information content (AvgIpc) is 2.75. The molecule has 110 valence electrons. The number of nitriles is 1. The molecule has 6 nitrogen and oxygen atoms in total. The Bertz CT molecular complexity index is 732. The Labute approximate surface area is 123 Å². The largest absolute Gasteiger partial charge is 0.465 e. The number of fused-ring (bicyclic) bond motifs is 1. The van der Waals surface area contributed by atoms with E-state index >= 15 is 0 Å². The van der Waals surface area contributed by atoms with Crippen molar-refractivity contribution >= 4 is 27.7 Å². The first-order valence-electron chi connectivity index (χ1n) is 6.44. The summed E-state index contributed by atoms with van der Waals surface area (Å²) in [6, 6.07) is 6.53. The summed E-state index contributed by atoms with van der Waals surface area (Å²) in [6.07, 6.45) is 1.67. The van der Waals surface area contributed by atoms with E-state index in [2.05, 4.69) is 4.99 Å². The van der Waals surface area contributed by atoms with Crippen LogP contribution in [0.15, 0.2) is 28.1 Å². The number of rotatable bonds is 4. The van der Waals surface area contributed by atoms with E-state index in [0.29, 0.717) is 22.6 Å². The van der Waals surface area contributed by atoms with E-state index < -0.39 is 21.7 Å². The lowest BCUT2D eigenvalue weighted by molar-refractivity contribution is -0.143. The molecular weight excluding hydrogens is 292 g/mol. The van der Waals surface area contributed by atoms with E-state index in [1.165, 1.54) is 12.3 Å². The van der Waals surface area contributed by atoms with Crippen molar-refractivity contribution in [2.24, 2.45) is 10.9 Å². The topological polar surface area (TPSA) is 96.6 Å². The maximum atomic E-state index is 11.7. The van der Waals surface area contributed by atoms with Gasteiger partial charge in [-0.2, -0.15) is 5.26 Å². The first-order valence-corrected chi connectivity index (χ1v) is 8.09. The van der Waals surface area contributed by atoms with Crippen LogP contribution in [-0.4, -0.2) is 33.0 Å². The number of aliphatic imine (C=N–C) groups is 1. The van der Waals surface area contributed by atoms with Crippen molar-refractivity contribution in [3.63, 3.8) is 0 Å². The van der Waals surface area contributed by atoms with Crippen LogP contribution in [0.2, 0.25) is 0 Å². The van der Waals surface area contributed by atoms with Crippen LogP contribution in [0.25, 0.3) is 0 Å². The van der Waals surface area contributed by atoms with Crippen LogP contribution in [0.5, 0.6) is 0 Å². The fraction of sp³-hybridized carbons (Fsp3) is 0.357. The summed E-state index contributed by atoms with van der Waals surface area (Å²) < 4.78 is 28.1. The van der Waals surface area contributed by atoms with Crippen LogP contribution < -0.4 is 0 Å². The van der Waals surface area contributed by atoms with Crippen LogP contribution in [0.4, 0.5) is 5.69 Å². The van der Waals surface area contributed by atoms with Gasteiger partial charge in [0.25, 0.3) is 0 Å². The number of aryl methyl sites for hydroxylation is 1. The second-order valence-electron chi connectivity index (χ2n) is 4.50. The third-order valence-electron chi connectivity index (χ3n) is 3.07. The SMILES string of the molecule is CCOC(=O)C(C#N)C=Nc1ccc2c(c1)CCS2(=O)=O. The number of hydrogen-bond acceptors (Lipinski definition) is 6. The minimum Gasteiger partial charge on any atom is -0.465 e. The quantitative estimate of drug-likeness (QED) is 0.619. The molecule has 1 aliphatic rings. The molecule has 7 heteroatoms. The summed E-state index contributed by atoms with van der Waals surface area (Å²) in [4.78, 5) is 15.9. The third-order valence-corrected chi connectivity index (χ3v) is 4.88. The minimum atomic E-state index is -3.16. The third kappa shape index (κ3) is 3.28. The Balaban J connectivity index is 2.20. The zero-order valence-electron chi connectivity index (χ0n) is 11.4. The van der Waals surface area contributed by atoms with Gasteiger partial charge in [0.05, 0.1) is 29.0 Å². The molecule has 0 fully saturated rings. The standard InChI is InChI=1S/C14H14N2O4S/c1-2-20-14(17)11(8-15)9-16-12-3-4-13-10(7-12)5-6-21(13,18)19/h3-4,7,9,11H,2,5-6H2,1H3. The highest BCUT2D eigenvalue weighted by Gasteiger charge is 2.26. The molecule has 0 spiro atoms. The van der Waals surface area contributed by atoms with E-state index in [4.69, 9.17) is 10.00 Å². The van der Waals surface area contributed by atoms with Crippen molar-refractivity contribution in [2.75, 3.05) is 12.4 Å². The molecule has 21 heavy (non-hydrogen) atoms. The number of nitrogens with zero attached hydrogens (tertiary/aromatic N) is 2. The average molecular weight is 306 g/mol. The summed E-state index contributed by atoms with van der Waals surface area (Å²) in [5.74, 6) is -1.60. The van der Waals surface area contributed by atoms with Gasteiger partial charge < -0.3 is 4.74 Å². The van der Waals surface area contributed by atoms with Gasteiger partial charge in [0, 0.05) is 6.21 Å². The molecule has 1 aliphatic heterocycles. The Hall–Kier alpha value is -2.20. The second kappa shape index (κ2) is 6.06. The smallest absolute Gasteiger partial charge is 0.328 e. The summed E-state index contributed by atoms with van der Waals surface area (Å²) in [7, 11) is -3.16. The molecule has 0 amide bonds. The number of benzene rings is 1. The van der Waals surface area contributed by atoms with Gasteiger partial charge in [-0.25, -0.2) is 8.42 Å². The predicted octanol–water partition coefficient (Wildman–Crippen LogP) is 1.42. The maximum Gasteiger partial charge on any atom is 0.328 e. The van der Waals surface area contributed by atoms with Crippen LogP contribution in [0.1, 0.15) is 12.5 Å². The second-order valence-corrected chi connectivity index (χ2v) is 6.58. The zero-order valence-corrected chi connectivity index (χ0v) is 12.3. The van der Waals surface area contributed by atoms with Crippen LogP contribution in [0, 0.1) is 17.2 Å². The Morgan fingerprint density at radius 2 is 2.33 bits per heavy atom. The minimum absolute atomic E-state index is 0.110. The number of carbonyl (C=O) groups is 1. The predicted molar refractivity (Wildman–Crippen MR) is 76.1 cm³/mol. The lowest BCUT2D eigenvalue weighted by atomic mass is 10.1. The summed E-state index contributed by atoms with van der Waals surface area (Å²) in [5, 5.41) is 8.90. The van der Waals surface area contributed by atoms with Gasteiger partial charge in [-0.3, -0.25) is 9.79 Å². The van der Waals surface area contributed by atoms with Crippen molar-refractivity contribution in [3.05, 3.63) is 23.8 Å². The molecule has 1 unspecified atom stereocenters. The number of ether oxygens (including phenoxy) is 1. The molecule has 0 saturated carbocycles. The lowest BCUT2D eigenvalue weighted by Crippen LogP contribution is -2.17. The Kier molecular flexibility index (Phi) is 4.38. The molecule has 2 rings (SSSR count). The molecular formula is C14H14N2O4S. The van der Waals surface area contributed by atoms with Crippen molar-refractivity contribution in [1.29, 1.82) is 5.26 Å². The molecule has 1 aromatic rings. The van der Waals surface area contributed by atoms with Gasteiger partial charge in [0.15, 0.2) is 15.8 Å². The molecule has 0 aromatic heterocycles. The summed E-state index contributed by atoms with van der Waals surface area (Å²) >= 11 is 0. The highest BCUT2D eigenvalue weighted by atomic mass is 32.2. The van der Waals surface area contributed by atoms with Gasteiger partial charge >= 0.3 is 5.97 Å².